The first-order valence-electron chi connectivity index (χ1n) is 9.56. The number of nitrogens with one attached hydrogen (secondary N) is 1. The molecule has 0 heterocycles. The minimum atomic E-state index is -0.129. The van der Waals surface area contributed by atoms with Crippen LogP contribution in [0, 0.1) is 13.8 Å². The number of hydrogen-bond acceptors (Lipinski definition) is 5. The number of aryl methyl sites for hydroxylation is 2. The topological polar surface area (TPSA) is 93.1 Å². The van der Waals surface area contributed by atoms with Crippen LogP contribution in [0.5, 0.6) is 0 Å². The lowest BCUT2D eigenvalue weighted by Crippen LogP contribution is -2.40. The minimum Gasteiger partial charge on any atom is -0.395 e. The Morgan fingerprint density at radius 2 is 1.67 bits per heavy atom. The summed E-state index contributed by atoms with van der Waals surface area (Å²) in [6, 6.07) is 6.26. The third kappa shape index (κ3) is 6.61. The van der Waals surface area contributed by atoms with E-state index in [2.05, 4.69) is 10.2 Å². The molecule has 2 rings (SSSR count). The molecule has 1 saturated carbocycles. The SMILES string of the molecule is Cc1cccc(C)c1NC(=O)CN(CCC(=O)N(CCO)CCO)C1CC1. The zero-order chi connectivity index (χ0) is 19.8. The molecular formula is C20H31N3O4. The molecule has 0 saturated heterocycles. The molecule has 1 aliphatic rings. The molecule has 0 atom stereocenters. The van der Waals surface area contributed by atoms with E-state index in [1.807, 2.05) is 32.0 Å². The molecule has 0 bridgehead atoms. The Bertz CT molecular complexity index is 620. The highest BCUT2D eigenvalue weighted by Crippen LogP contribution is 2.27. The highest BCUT2D eigenvalue weighted by Gasteiger charge is 2.31. The van der Waals surface area contributed by atoms with Crippen molar-refractivity contribution >= 4 is 17.5 Å². The van der Waals surface area contributed by atoms with Gasteiger partial charge in [-0.25, -0.2) is 0 Å². The molecular weight excluding hydrogens is 346 g/mol. The van der Waals surface area contributed by atoms with E-state index in [1.54, 1.807) is 0 Å². The van der Waals surface area contributed by atoms with Crippen molar-refractivity contribution in [3.8, 4) is 0 Å². The standard InChI is InChI=1S/C20H31N3O4/c1-15-4-3-5-16(2)20(15)21-18(26)14-23(17-6-7-17)9-8-19(27)22(10-12-24)11-13-25/h3-5,17,24-25H,6-14H2,1-2H3,(H,21,26). The van der Waals surface area contributed by atoms with Crippen LogP contribution < -0.4 is 5.32 Å². The first-order valence-corrected chi connectivity index (χ1v) is 9.56. The number of carbonyl (C=O) groups excluding carboxylic acids is 2. The number of para-hydroxylation sites is 1. The van der Waals surface area contributed by atoms with Crippen LogP contribution in [0.15, 0.2) is 18.2 Å². The summed E-state index contributed by atoms with van der Waals surface area (Å²) in [4.78, 5) is 28.4. The first-order chi connectivity index (χ1) is 13.0. The minimum absolute atomic E-state index is 0.0747. The smallest absolute Gasteiger partial charge is 0.238 e. The maximum absolute atomic E-state index is 12.5. The van der Waals surface area contributed by atoms with E-state index in [1.165, 1.54) is 4.90 Å². The van der Waals surface area contributed by atoms with Crippen LogP contribution in [0.3, 0.4) is 0 Å². The van der Waals surface area contributed by atoms with Gasteiger partial charge in [0.15, 0.2) is 0 Å². The van der Waals surface area contributed by atoms with Gasteiger partial charge in [-0.3, -0.25) is 14.5 Å². The molecule has 1 aromatic carbocycles. The summed E-state index contributed by atoms with van der Waals surface area (Å²) in [5.74, 6) is -0.187. The molecule has 2 amide bonds. The largest absolute Gasteiger partial charge is 0.395 e. The lowest BCUT2D eigenvalue weighted by Gasteiger charge is -2.25. The van der Waals surface area contributed by atoms with Crippen molar-refractivity contribution in [2.24, 2.45) is 0 Å². The van der Waals surface area contributed by atoms with Crippen molar-refractivity contribution < 1.29 is 19.8 Å². The van der Waals surface area contributed by atoms with Crippen molar-refractivity contribution in [2.45, 2.75) is 39.2 Å². The van der Waals surface area contributed by atoms with Gasteiger partial charge in [0.05, 0.1) is 19.8 Å². The van der Waals surface area contributed by atoms with Gasteiger partial charge in [0.25, 0.3) is 0 Å². The Balaban J connectivity index is 1.90. The number of amides is 2. The van der Waals surface area contributed by atoms with Crippen molar-refractivity contribution in [1.29, 1.82) is 0 Å². The average Bonchev–Trinajstić information content (AvgIpc) is 3.46. The summed E-state index contributed by atoms with van der Waals surface area (Å²) in [5.41, 5.74) is 2.91. The van der Waals surface area contributed by atoms with E-state index in [-0.39, 0.29) is 51.1 Å². The van der Waals surface area contributed by atoms with Crippen LogP contribution in [0.4, 0.5) is 5.69 Å². The van der Waals surface area contributed by atoms with Crippen molar-refractivity contribution in [3.05, 3.63) is 29.3 Å². The Morgan fingerprint density at radius 3 is 2.19 bits per heavy atom. The predicted molar refractivity (Wildman–Crippen MR) is 105 cm³/mol. The van der Waals surface area contributed by atoms with Crippen LogP contribution in [-0.4, -0.2) is 77.3 Å². The second-order valence-electron chi connectivity index (χ2n) is 7.09. The molecule has 150 valence electrons. The van der Waals surface area contributed by atoms with Gasteiger partial charge in [0, 0.05) is 37.8 Å². The van der Waals surface area contributed by atoms with Crippen molar-refractivity contribution in [3.63, 3.8) is 0 Å². The van der Waals surface area contributed by atoms with Crippen LogP contribution in [0.2, 0.25) is 0 Å². The number of nitrogens with zero attached hydrogens (tertiary/aromatic N) is 2. The van der Waals surface area contributed by atoms with E-state index in [4.69, 9.17) is 10.2 Å². The Labute approximate surface area is 161 Å². The third-order valence-electron chi connectivity index (χ3n) is 4.86. The third-order valence-corrected chi connectivity index (χ3v) is 4.86. The molecule has 1 fully saturated rings. The average molecular weight is 377 g/mol. The molecule has 27 heavy (non-hydrogen) atoms. The molecule has 7 heteroatoms. The monoisotopic (exact) mass is 377 g/mol. The summed E-state index contributed by atoms with van der Waals surface area (Å²) >= 11 is 0. The molecule has 0 aromatic heterocycles. The molecule has 0 aliphatic heterocycles. The maximum Gasteiger partial charge on any atom is 0.238 e. The number of carbonyl (C=O) groups is 2. The van der Waals surface area contributed by atoms with Gasteiger partial charge in [-0.2, -0.15) is 0 Å². The van der Waals surface area contributed by atoms with Gasteiger partial charge < -0.3 is 20.4 Å². The summed E-state index contributed by atoms with van der Waals surface area (Å²) in [6.45, 7) is 4.87. The summed E-state index contributed by atoms with van der Waals surface area (Å²) in [6.07, 6.45) is 2.36. The molecule has 0 unspecified atom stereocenters. The maximum atomic E-state index is 12.5. The fraction of sp³-hybridized carbons (Fsp3) is 0.600. The van der Waals surface area contributed by atoms with E-state index in [0.717, 1.165) is 29.7 Å². The van der Waals surface area contributed by atoms with Crippen LogP contribution >= 0.6 is 0 Å². The van der Waals surface area contributed by atoms with E-state index in [0.29, 0.717) is 12.6 Å². The number of rotatable bonds is 11. The Hall–Kier alpha value is -1.96. The number of hydrogen-bond donors (Lipinski definition) is 3. The number of aliphatic hydroxyl groups is 2. The Morgan fingerprint density at radius 1 is 1.07 bits per heavy atom. The molecule has 0 spiro atoms. The van der Waals surface area contributed by atoms with Crippen molar-refractivity contribution in [2.75, 3.05) is 44.7 Å². The zero-order valence-corrected chi connectivity index (χ0v) is 16.3. The predicted octanol–water partition coefficient (Wildman–Crippen LogP) is 0.910. The quantitative estimate of drug-likeness (QED) is 0.533. The summed E-state index contributed by atoms with van der Waals surface area (Å²) < 4.78 is 0. The van der Waals surface area contributed by atoms with E-state index >= 15 is 0 Å². The van der Waals surface area contributed by atoms with Gasteiger partial charge in [0.2, 0.25) is 11.8 Å². The van der Waals surface area contributed by atoms with E-state index < -0.39 is 0 Å². The van der Waals surface area contributed by atoms with Gasteiger partial charge in [0.1, 0.15) is 0 Å². The summed E-state index contributed by atoms with van der Waals surface area (Å²) in [5, 5.41) is 21.1. The zero-order valence-electron chi connectivity index (χ0n) is 16.3. The molecule has 3 N–H and O–H groups in total. The lowest BCUT2D eigenvalue weighted by molar-refractivity contribution is -0.133. The second-order valence-corrected chi connectivity index (χ2v) is 7.09. The molecule has 7 nitrogen and oxygen atoms in total. The fourth-order valence-corrected chi connectivity index (χ4v) is 3.21. The molecule has 0 radical (unpaired) electrons. The van der Waals surface area contributed by atoms with Crippen LogP contribution in [-0.2, 0) is 9.59 Å². The van der Waals surface area contributed by atoms with E-state index in [9.17, 15) is 9.59 Å². The molecule has 1 aromatic rings. The van der Waals surface area contributed by atoms with Gasteiger partial charge in [-0.15, -0.1) is 0 Å². The highest BCUT2D eigenvalue weighted by atomic mass is 16.3. The highest BCUT2D eigenvalue weighted by molar-refractivity contribution is 5.93. The van der Waals surface area contributed by atoms with Crippen LogP contribution in [0.25, 0.3) is 0 Å². The lowest BCUT2D eigenvalue weighted by atomic mass is 10.1. The normalized spacial score (nSPS) is 13.7. The molecule has 1 aliphatic carbocycles. The van der Waals surface area contributed by atoms with Gasteiger partial charge in [-0.1, -0.05) is 18.2 Å². The number of anilines is 1. The fourth-order valence-electron chi connectivity index (χ4n) is 3.21. The van der Waals surface area contributed by atoms with Crippen LogP contribution in [0.1, 0.15) is 30.4 Å². The van der Waals surface area contributed by atoms with Gasteiger partial charge in [-0.05, 0) is 37.8 Å². The number of benzene rings is 1. The summed E-state index contributed by atoms with van der Waals surface area (Å²) in [7, 11) is 0. The van der Waals surface area contributed by atoms with Gasteiger partial charge >= 0.3 is 0 Å². The Kier molecular flexibility index (Phi) is 8.22. The van der Waals surface area contributed by atoms with Crippen molar-refractivity contribution in [1.82, 2.24) is 9.80 Å². The second kappa shape index (κ2) is 10.4. The number of aliphatic hydroxyl groups excluding tert-OH is 2. The first kappa shape index (κ1) is 21.3.